The lowest BCUT2D eigenvalue weighted by atomic mass is 9.95. The predicted molar refractivity (Wildman–Crippen MR) is 72.1 cm³/mol. The Balaban J connectivity index is 2.21. The Labute approximate surface area is 112 Å². The fourth-order valence-electron chi connectivity index (χ4n) is 2.20. The summed E-state index contributed by atoms with van der Waals surface area (Å²) in [5, 5.41) is 8.92. The first kappa shape index (κ1) is 15.3. The third kappa shape index (κ3) is 5.73. The third-order valence-corrected chi connectivity index (χ3v) is 4.10. The van der Waals surface area contributed by atoms with Gasteiger partial charge in [-0.25, -0.2) is 0 Å². The van der Waals surface area contributed by atoms with Crippen LogP contribution in [-0.4, -0.2) is 53.0 Å². The number of hydrogen-bond donors (Lipinski definition) is 2. The van der Waals surface area contributed by atoms with E-state index >= 15 is 0 Å². The van der Waals surface area contributed by atoms with Crippen molar-refractivity contribution >= 4 is 23.6 Å². The van der Waals surface area contributed by atoms with Gasteiger partial charge in [0, 0.05) is 31.9 Å². The maximum atomic E-state index is 11.9. The van der Waals surface area contributed by atoms with Crippen molar-refractivity contribution in [1.29, 1.82) is 0 Å². The molecule has 0 radical (unpaired) electrons. The molecule has 1 heterocycles. The van der Waals surface area contributed by atoms with Gasteiger partial charge >= 0.3 is 0 Å². The number of hydrogen-bond acceptors (Lipinski definition) is 4. The number of piperidine rings is 1. The second-order valence-electron chi connectivity index (χ2n) is 4.63. The van der Waals surface area contributed by atoms with Crippen LogP contribution in [0.5, 0.6) is 0 Å². The zero-order chi connectivity index (χ0) is 13.4. The molecule has 18 heavy (non-hydrogen) atoms. The van der Waals surface area contributed by atoms with Crippen LogP contribution in [0.2, 0.25) is 0 Å². The van der Waals surface area contributed by atoms with E-state index in [2.05, 4.69) is 0 Å². The summed E-state index contributed by atoms with van der Waals surface area (Å²) < 4.78 is 0. The number of aliphatic hydroxyl groups excluding tert-OH is 1. The number of amides is 2. The van der Waals surface area contributed by atoms with E-state index in [1.807, 2.05) is 4.90 Å². The molecule has 104 valence electrons. The van der Waals surface area contributed by atoms with Gasteiger partial charge < -0.3 is 15.7 Å². The van der Waals surface area contributed by atoms with Crippen LogP contribution in [0.3, 0.4) is 0 Å². The molecule has 0 bridgehead atoms. The normalized spacial score (nSPS) is 19.8. The SMILES string of the molecule is NC(=O)CSCCC(=O)N1CCCC(CCO)C1. The summed E-state index contributed by atoms with van der Waals surface area (Å²) in [6.07, 6.45) is 3.36. The van der Waals surface area contributed by atoms with Crippen molar-refractivity contribution in [3.8, 4) is 0 Å². The number of thioether (sulfide) groups is 1. The van der Waals surface area contributed by atoms with Gasteiger partial charge in [-0.15, -0.1) is 0 Å². The molecule has 6 heteroatoms. The van der Waals surface area contributed by atoms with E-state index < -0.39 is 0 Å². The number of nitrogens with two attached hydrogens (primary N) is 1. The van der Waals surface area contributed by atoms with Crippen molar-refractivity contribution in [2.45, 2.75) is 25.7 Å². The molecule has 1 unspecified atom stereocenters. The Kier molecular flexibility index (Phi) is 7.12. The summed E-state index contributed by atoms with van der Waals surface area (Å²) >= 11 is 1.40. The molecule has 1 aliphatic heterocycles. The minimum absolute atomic E-state index is 0.148. The highest BCUT2D eigenvalue weighted by atomic mass is 32.2. The first-order valence-corrected chi connectivity index (χ1v) is 7.53. The first-order valence-electron chi connectivity index (χ1n) is 6.38. The van der Waals surface area contributed by atoms with E-state index in [-0.39, 0.29) is 24.2 Å². The lowest BCUT2D eigenvalue weighted by molar-refractivity contribution is -0.132. The minimum Gasteiger partial charge on any atom is -0.396 e. The topological polar surface area (TPSA) is 83.6 Å². The van der Waals surface area contributed by atoms with E-state index in [9.17, 15) is 9.59 Å². The van der Waals surface area contributed by atoms with E-state index in [0.29, 0.717) is 18.1 Å². The third-order valence-electron chi connectivity index (χ3n) is 3.11. The number of carbonyl (C=O) groups excluding carboxylic acids is 2. The number of nitrogens with zero attached hydrogens (tertiary/aromatic N) is 1. The molecule has 0 aromatic carbocycles. The van der Waals surface area contributed by atoms with Crippen molar-refractivity contribution in [3.63, 3.8) is 0 Å². The minimum atomic E-state index is -0.339. The summed E-state index contributed by atoms with van der Waals surface area (Å²) in [7, 11) is 0. The Morgan fingerprint density at radius 3 is 2.89 bits per heavy atom. The molecule has 3 N–H and O–H groups in total. The van der Waals surface area contributed by atoms with Crippen LogP contribution in [0.4, 0.5) is 0 Å². The van der Waals surface area contributed by atoms with Crippen molar-refractivity contribution < 1.29 is 14.7 Å². The Hall–Kier alpha value is -0.750. The Morgan fingerprint density at radius 1 is 1.44 bits per heavy atom. The predicted octanol–water partition coefficient (Wildman–Crippen LogP) is 0.216. The molecule has 1 aliphatic rings. The molecule has 0 spiro atoms. The fourth-order valence-corrected chi connectivity index (χ4v) is 2.86. The van der Waals surface area contributed by atoms with Crippen molar-refractivity contribution in [1.82, 2.24) is 4.90 Å². The number of rotatable bonds is 7. The number of aliphatic hydroxyl groups is 1. The monoisotopic (exact) mass is 274 g/mol. The molecule has 1 rings (SSSR count). The highest BCUT2D eigenvalue weighted by molar-refractivity contribution is 7.99. The summed E-state index contributed by atoms with van der Waals surface area (Å²) in [6, 6.07) is 0. The standard InChI is InChI=1S/C12H22N2O3S/c13-11(16)9-18-7-4-12(17)14-5-1-2-10(8-14)3-6-15/h10,15H,1-9H2,(H2,13,16). The first-order chi connectivity index (χ1) is 8.63. The molecule has 1 saturated heterocycles. The van der Waals surface area contributed by atoms with Gasteiger partial charge in [0.1, 0.15) is 0 Å². The van der Waals surface area contributed by atoms with Crippen LogP contribution in [0.1, 0.15) is 25.7 Å². The van der Waals surface area contributed by atoms with Gasteiger partial charge in [0.05, 0.1) is 5.75 Å². The highest BCUT2D eigenvalue weighted by Gasteiger charge is 2.22. The number of primary amides is 1. The van der Waals surface area contributed by atoms with Gasteiger partial charge in [-0.3, -0.25) is 9.59 Å². The van der Waals surface area contributed by atoms with Crippen LogP contribution < -0.4 is 5.73 Å². The molecule has 2 amide bonds. The van der Waals surface area contributed by atoms with E-state index in [4.69, 9.17) is 10.8 Å². The van der Waals surface area contributed by atoms with E-state index in [0.717, 1.165) is 32.4 Å². The highest BCUT2D eigenvalue weighted by Crippen LogP contribution is 2.20. The molecular formula is C12H22N2O3S. The average Bonchev–Trinajstić information content (AvgIpc) is 2.35. The summed E-state index contributed by atoms with van der Waals surface area (Å²) in [5.41, 5.74) is 5.02. The van der Waals surface area contributed by atoms with E-state index in [1.54, 1.807) is 0 Å². The molecule has 1 atom stereocenters. The summed E-state index contributed by atoms with van der Waals surface area (Å²) in [4.78, 5) is 24.4. The van der Waals surface area contributed by atoms with Crippen LogP contribution in [0.15, 0.2) is 0 Å². The van der Waals surface area contributed by atoms with Crippen molar-refractivity contribution in [2.24, 2.45) is 11.7 Å². The molecule has 0 saturated carbocycles. The van der Waals surface area contributed by atoms with Gasteiger partial charge in [0.15, 0.2) is 0 Å². The lowest BCUT2D eigenvalue weighted by Crippen LogP contribution is -2.40. The lowest BCUT2D eigenvalue weighted by Gasteiger charge is -2.32. The van der Waals surface area contributed by atoms with Gasteiger partial charge in [0.25, 0.3) is 0 Å². The molecule has 0 aromatic rings. The van der Waals surface area contributed by atoms with Gasteiger partial charge in [-0.2, -0.15) is 11.8 Å². The quantitative estimate of drug-likeness (QED) is 0.650. The second kappa shape index (κ2) is 8.37. The second-order valence-corrected chi connectivity index (χ2v) is 5.73. The summed E-state index contributed by atoms with van der Waals surface area (Å²) in [5.74, 6) is 1.16. The van der Waals surface area contributed by atoms with E-state index in [1.165, 1.54) is 11.8 Å². The van der Waals surface area contributed by atoms with Crippen molar-refractivity contribution in [3.05, 3.63) is 0 Å². The molecule has 1 fully saturated rings. The number of carbonyl (C=O) groups is 2. The maximum absolute atomic E-state index is 11.9. The molecule has 0 aromatic heterocycles. The van der Waals surface area contributed by atoms with Gasteiger partial charge in [-0.05, 0) is 25.2 Å². The zero-order valence-corrected chi connectivity index (χ0v) is 11.5. The maximum Gasteiger partial charge on any atom is 0.227 e. The van der Waals surface area contributed by atoms with Crippen LogP contribution in [0, 0.1) is 5.92 Å². The molecule has 0 aliphatic carbocycles. The number of likely N-dealkylation sites (tertiary alicyclic amines) is 1. The smallest absolute Gasteiger partial charge is 0.227 e. The van der Waals surface area contributed by atoms with Crippen LogP contribution >= 0.6 is 11.8 Å². The summed E-state index contributed by atoms with van der Waals surface area (Å²) in [6.45, 7) is 1.78. The fraction of sp³-hybridized carbons (Fsp3) is 0.833. The Morgan fingerprint density at radius 2 is 2.22 bits per heavy atom. The molecular weight excluding hydrogens is 252 g/mol. The van der Waals surface area contributed by atoms with Crippen LogP contribution in [-0.2, 0) is 9.59 Å². The van der Waals surface area contributed by atoms with Crippen LogP contribution in [0.25, 0.3) is 0 Å². The Bertz CT molecular complexity index is 284. The van der Waals surface area contributed by atoms with Gasteiger partial charge in [0.2, 0.25) is 11.8 Å². The van der Waals surface area contributed by atoms with Gasteiger partial charge in [-0.1, -0.05) is 0 Å². The largest absolute Gasteiger partial charge is 0.396 e. The zero-order valence-electron chi connectivity index (χ0n) is 10.6. The average molecular weight is 274 g/mol. The molecule has 5 nitrogen and oxygen atoms in total. The van der Waals surface area contributed by atoms with Crippen molar-refractivity contribution in [2.75, 3.05) is 31.2 Å².